The number of hydrogen-bond acceptors (Lipinski definition) is 7. The van der Waals surface area contributed by atoms with Crippen molar-refractivity contribution in [3.63, 3.8) is 0 Å². The van der Waals surface area contributed by atoms with Gasteiger partial charge in [-0.3, -0.25) is 0 Å². The van der Waals surface area contributed by atoms with E-state index in [1.54, 1.807) is 12.1 Å². The van der Waals surface area contributed by atoms with Crippen molar-refractivity contribution in [2.75, 3.05) is 26.0 Å². The monoisotopic (exact) mass is 519 g/mol. The molecule has 4 bridgehead atoms. The fourth-order valence-corrected chi connectivity index (χ4v) is 5.87. The van der Waals surface area contributed by atoms with Crippen LogP contribution in [0.15, 0.2) is 30.3 Å². The molecule has 3 heterocycles. The summed E-state index contributed by atoms with van der Waals surface area (Å²) in [7, 11) is 0.156. The lowest BCUT2D eigenvalue weighted by Crippen LogP contribution is -2.20. The van der Waals surface area contributed by atoms with Crippen LogP contribution in [-0.2, 0) is 4.57 Å². The van der Waals surface area contributed by atoms with Gasteiger partial charge in [-0.25, -0.2) is 4.98 Å². The van der Waals surface area contributed by atoms with Crippen LogP contribution < -0.4 is 18.9 Å². The zero-order valence-electron chi connectivity index (χ0n) is 19.0. The van der Waals surface area contributed by atoms with E-state index in [4.69, 9.17) is 41.8 Å². The average Bonchev–Trinajstić information content (AvgIpc) is 3.08. The van der Waals surface area contributed by atoms with Crippen LogP contribution in [0.4, 0.5) is 5.69 Å². The molecule has 2 aliphatic heterocycles. The number of halogens is 2. The van der Waals surface area contributed by atoms with Crippen LogP contribution in [0.3, 0.4) is 0 Å². The molecule has 0 radical (unpaired) electrons. The molecule has 1 N–H and O–H groups in total. The highest BCUT2D eigenvalue weighted by molar-refractivity contribution is 7.50. The standard InChI is InChI=1S/C24H24Cl2N3O4P/c1-14(7-6-12-29(2)3)27-21-20-19-13-17(26)22-24(20)33-34(30,31-22)32-23(21)18(28-19)11-10-15-8-4-5-9-16(15)25/h4-5,8-11,13-14H,6-7,12H2,1-3H3,(H,27,28)/b11-10+. The number of nitrogens with zero attached hydrogens (tertiary/aromatic N) is 2. The van der Waals surface area contributed by atoms with Crippen molar-refractivity contribution >= 4 is 59.8 Å². The molecule has 0 saturated carbocycles. The van der Waals surface area contributed by atoms with E-state index in [-0.39, 0.29) is 16.8 Å². The van der Waals surface area contributed by atoms with Crippen LogP contribution in [0.5, 0.6) is 17.2 Å². The first-order chi connectivity index (χ1) is 16.2. The van der Waals surface area contributed by atoms with Crippen molar-refractivity contribution in [3.05, 3.63) is 51.6 Å². The van der Waals surface area contributed by atoms with Crippen LogP contribution in [0.25, 0.3) is 23.1 Å². The molecule has 2 atom stereocenters. The number of aromatic nitrogens is 1. The average molecular weight is 520 g/mol. The van der Waals surface area contributed by atoms with Crippen molar-refractivity contribution in [1.29, 1.82) is 0 Å². The van der Waals surface area contributed by atoms with Crippen molar-refractivity contribution in [3.8, 4) is 17.2 Å². The summed E-state index contributed by atoms with van der Waals surface area (Å²) in [6.07, 6.45) is 5.55. The molecule has 2 unspecified atom stereocenters. The Bertz CT molecular complexity index is 1360. The van der Waals surface area contributed by atoms with Crippen LogP contribution in [0.1, 0.15) is 31.0 Å². The summed E-state index contributed by atoms with van der Waals surface area (Å²) in [6.45, 7) is 3.08. The number of hydrogen-bond donors (Lipinski definition) is 1. The molecule has 7 nitrogen and oxygen atoms in total. The normalized spacial score (nSPS) is 18.9. The van der Waals surface area contributed by atoms with E-state index in [1.807, 2.05) is 30.3 Å². The third-order valence-electron chi connectivity index (χ3n) is 5.69. The first-order valence-electron chi connectivity index (χ1n) is 11.0. The lowest BCUT2D eigenvalue weighted by Gasteiger charge is -2.22. The molecule has 178 valence electrons. The SMILES string of the molecule is CC(CCCN(C)C)Nc1c2c(/C=C/c3ccccc3Cl)nc3cc(Cl)c4c(c13)OP(=O)(O2)O4. The van der Waals surface area contributed by atoms with Crippen LogP contribution in [0, 0.1) is 0 Å². The molecule has 2 aromatic carbocycles. The van der Waals surface area contributed by atoms with E-state index in [2.05, 4.69) is 31.2 Å². The number of fused-ring (bicyclic) bond motifs is 2. The maximum absolute atomic E-state index is 13.3. The maximum Gasteiger partial charge on any atom is 0.647 e. The van der Waals surface area contributed by atoms with E-state index in [0.29, 0.717) is 38.8 Å². The lowest BCUT2D eigenvalue weighted by molar-refractivity contribution is 0.333. The fourth-order valence-electron chi connectivity index (χ4n) is 4.07. The molecule has 0 amide bonds. The van der Waals surface area contributed by atoms with Crippen molar-refractivity contribution in [1.82, 2.24) is 9.88 Å². The van der Waals surface area contributed by atoms with Crippen LogP contribution >= 0.6 is 31.0 Å². The van der Waals surface area contributed by atoms with Gasteiger partial charge in [-0.05, 0) is 64.2 Å². The summed E-state index contributed by atoms with van der Waals surface area (Å²) in [5.41, 5.74) is 2.52. The van der Waals surface area contributed by atoms with Gasteiger partial charge in [0.15, 0.2) is 17.2 Å². The van der Waals surface area contributed by atoms with Gasteiger partial charge < -0.3 is 23.8 Å². The van der Waals surface area contributed by atoms with Gasteiger partial charge >= 0.3 is 7.82 Å². The number of rotatable bonds is 8. The molecule has 2 aliphatic rings. The minimum atomic E-state index is -3.95. The largest absolute Gasteiger partial charge is 0.647 e. The van der Waals surface area contributed by atoms with Gasteiger partial charge in [0.05, 0.1) is 21.6 Å². The Labute approximate surface area is 208 Å². The Balaban J connectivity index is 1.63. The van der Waals surface area contributed by atoms with Crippen molar-refractivity contribution < 1.29 is 18.1 Å². The fraction of sp³-hybridized carbons (Fsp3) is 0.292. The van der Waals surface area contributed by atoms with Crippen molar-refractivity contribution in [2.45, 2.75) is 25.8 Å². The second-order valence-electron chi connectivity index (χ2n) is 8.68. The quantitative estimate of drug-likeness (QED) is 0.317. The minimum Gasteiger partial charge on any atom is -0.381 e. The Kier molecular flexibility index (Phi) is 6.15. The number of nitrogens with one attached hydrogen (secondary N) is 1. The van der Waals surface area contributed by atoms with Gasteiger partial charge in [-0.2, -0.15) is 4.57 Å². The predicted octanol–water partition coefficient (Wildman–Crippen LogP) is 7.13. The van der Waals surface area contributed by atoms with Gasteiger partial charge in [-0.15, -0.1) is 0 Å². The minimum absolute atomic E-state index is 0.109. The number of phosphoric ester groups is 1. The summed E-state index contributed by atoms with van der Waals surface area (Å²) in [6, 6.07) is 9.27. The summed E-state index contributed by atoms with van der Waals surface area (Å²) in [4.78, 5) is 6.91. The third kappa shape index (κ3) is 4.34. The van der Waals surface area contributed by atoms with Gasteiger partial charge in [0.1, 0.15) is 5.69 Å². The zero-order chi connectivity index (χ0) is 24.0. The van der Waals surface area contributed by atoms with E-state index >= 15 is 0 Å². The molecule has 0 fully saturated rings. The van der Waals surface area contributed by atoms with E-state index in [9.17, 15) is 4.57 Å². The smallest absolute Gasteiger partial charge is 0.381 e. The number of benzene rings is 2. The Hall–Kier alpha value is -2.44. The first kappa shape index (κ1) is 23.3. The van der Waals surface area contributed by atoms with Gasteiger partial charge in [0.2, 0.25) is 0 Å². The first-order valence-corrected chi connectivity index (χ1v) is 13.2. The summed E-state index contributed by atoms with van der Waals surface area (Å²) in [5, 5.41) is 5.05. The second kappa shape index (κ2) is 8.97. The highest BCUT2D eigenvalue weighted by atomic mass is 35.5. The molecular formula is C24H24Cl2N3O4P. The van der Waals surface area contributed by atoms with Gasteiger partial charge in [0.25, 0.3) is 0 Å². The van der Waals surface area contributed by atoms with Crippen LogP contribution in [-0.4, -0.2) is 36.6 Å². The van der Waals surface area contributed by atoms with Gasteiger partial charge in [0, 0.05) is 11.1 Å². The predicted molar refractivity (Wildman–Crippen MR) is 137 cm³/mol. The third-order valence-corrected chi connectivity index (χ3v) is 7.53. The highest BCUT2D eigenvalue weighted by Crippen LogP contribution is 2.67. The Morgan fingerprint density at radius 2 is 1.82 bits per heavy atom. The molecule has 0 spiro atoms. The summed E-state index contributed by atoms with van der Waals surface area (Å²) < 4.78 is 30.4. The zero-order valence-corrected chi connectivity index (χ0v) is 21.4. The topological polar surface area (TPSA) is 72.9 Å². The molecule has 0 saturated heterocycles. The molecule has 0 aliphatic carbocycles. The number of anilines is 1. The van der Waals surface area contributed by atoms with E-state index in [1.165, 1.54) is 0 Å². The van der Waals surface area contributed by atoms with E-state index in [0.717, 1.165) is 24.9 Å². The molecule has 10 heteroatoms. The lowest BCUT2D eigenvalue weighted by atomic mass is 10.1. The molecular weight excluding hydrogens is 496 g/mol. The van der Waals surface area contributed by atoms with E-state index < -0.39 is 7.82 Å². The second-order valence-corrected chi connectivity index (χ2v) is 10.9. The molecule has 3 aromatic rings. The maximum atomic E-state index is 13.3. The number of pyridine rings is 1. The molecule has 5 rings (SSSR count). The molecule has 1 aromatic heterocycles. The van der Waals surface area contributed by atoms with Crippen molar-refractivity contribution in [2.24, 2.45) is 0 Å². The number of phosphoric acid groups is 1. The summed E-state index contributed by atoms with van der Waals surface area (Å²) >= 11 is 12.7. The Morgan fingerprint density at radius 3 is 2.59 bits per heavy atom. The van der Waals surface area contributed by atoms with Crippen LogP contribution in [0.2, 0.25) is 10.0 Å². The highest BCUT2D eigenvalue weighted by Gasteiger charge is 2.48. The van der Waals surface area contributed by atoms with Gasteiger partial charge in [-0.1, -0.05) is 47.5 Å². The summed E-state index contributed by atoms with van der Waals surface area (Å²) in [5.74, 6) is 0.819. The molecule has 34 heavy (non-hydrogen) atoms. The Morgan fingerprint density at radius 1 is 1.09 bits per heavy atom.